The van der Waals surface area contributed by atoms with Gasteiger partial charge >= 0.3 is 6.03 Å². The van der Waals surface area contributed by atoms with Crippen molar-refractivity contribution in [1.29, 1.82) is 0 Å². The Hall–Kier alpha value is -1.91. The summed E-state index contributed by atoms with van der Waals surface area (Å²) in [6.45, 7) is 2.88. The lowest BCUT2D eigenvalue weighted by Crippen LogP contribution is -2.38. The number of hydrogen-bond donors (Lipinski definition) is 2. The van der Waals surface area contributed by atoms with Crippen molar-refractivity contribution in [1.82, 2.24) is 10.6 Å². The van der Waals surface area contributed by atoms with Crippen molar-refractivity contribution in [3.8, 4) is 11.5 Å². The maximum atomic E-state index is 11.4. The van der Waals surface area contributed by atoms with E-state index in [-0.39, 0.29) is 6.03 Å². The van der Waals surface area contributed by atoms with E-state index in [1.54, 1.807) is 7.11 Å². The van der Waals surface area contributed by atoms with E-state index in [4.69, 9.17) is 9.47 Å². The molecular weight excluding hydrogens is 244 g/mol. The van der Waals surface area contributed by atoms with Crippen molar-refractivity contribution in [2.75, 3.05) is 20.3 Å². The summed E-state index contributed by atoms with van der Waals surface area (Å²) in [6, 6.07) is 6.01. The van der Waals surface area contributed by atoms with E-state index in [1.807, 2.05) is 25.1 Å². The fourth-order valence-corrected chi connectivity index (χ4v) is 1.68. The molecule has 1 saturated carbocycles. The molecule has 1 fully saturated rings. The summed E-state index contributed by atoms with van der Waals surface area (Å²) in [7, 11) is 1.61. The standard InChI is InChI=1S/C14H20N2O3/c1-10-3-6-12(13(9-10)18-2)19-8-7-15-14(17)16-11-4-5-11/h3,6,9,11H,4-5,7-8H2,1-2H3,(H2,15,16,17). The van der Waals surface area contributed by atoms with Crippen LogP contribution in [0.1, 0.15) is 18.4 Å². The van der Waals surface area contributed by atoms with Crippen LogP contribution in [-0.2, 0) is 0 Å². The number of rotatable bonds is 6. The van der Waals surface area contributed by atoms with Crippen LogP contribution >= 0.6 is 0 Å². The Bertz CT molecular complexity index is 444. The number of urea groups is 1. The maximum Gasteiger partial charge on any atom is 0.315 e. The van der Waals surface area contributed by atoms with Gasteiger partial charge < -0.3 is 20.1 Å². The van der Waals surface area contributed by atoms with Crippen LogP contribution in [0.3, 0.4) is 0 Å². The van der Waals surface area contributed by atoms with E-state index in [0.717, 1.165) is 18.4 Å². The van der Waals surface area contributed by atoms with Crippen LogP contribution in [0.25, 0.3) is 0 Å². The van der Waals surface area contributed by atoms with Gasteiger partial charge in [-0.25, -0.2) is 4.79 Å². The number of carbonyl (C=O) groups is 1. The van der Waals surface area contributed by atoms with Gasteiger partial charge in [-0.3, -0.25) is 0 Å². The van der Waals surface area contributed by atoms with Crippen LogP contribution in [0, 0.1) is 6.92 Å². The highest BCUT2D eigenvalue weighted by molar-refractivity contribution is 5.74. The predicted molar refractivity (Wildman–Crippen MR) is 72.8 cm³/mol. The van der Waals surface area contributed by atoms with Gasteiger partial charge in [-0.2, -0.15) is 0 Å². The molecule has 0 heterocycles. The molecule has 0 radical (unpaired) electrons. The summed E-state index contributed by atoms with van der Waals surface area (Å²) in [5.74, 6) is 1.40. The van der Waals surface area contributed by atoms with Gasteiger partial charge in [0.2, 0.25) is 0 Å². The van der Waals surface area contributed by atoms with Crippen molar-refractivity contribution >= 4 is 6.03 Å². The van der Waals surface area contributed by atoms with Crippen LogP contribution < -0.4 is 20.1 Å². The zero-order chi connectivity index (χ0) is 13.7. The van der Waals surface area contributed by atoms with Crippen LogP contribution in [0.15, 0.2) is 18.2 Å². The second-order valence-electron chi connectivity index (χ2n) is 4.68. The number of amides is 2. The highest BCUT2D eigenvalue weighted by atomic mass is 16.5. The van der Waals surface area contributed by atoms with Crippen molar-refractivity contribution < 1.29 is 14.3 Å². The minimum atomic E-state index is -0.123. The first-order valence-electron chi connectivity index (χ1n) is 6.51. The molecule has 0 spiro atoms. The first kappa shape index (κ1) is 13.5. The average molecular weight is 264 g/mol. The summed E-state index contributed by atoms with van der Waals surface area (Å²) in [5, 5.41) is 5.61. The van der Waals surface area contributed by atoms with E-state index in [9.17, 15) is 4.79 Å². The van der Waals surface area contributed by atoms with Gasteiger partial charge in [0.25, 0.3) is 0 Å². The number of methoxy groups -OCH3 is 1. The molecule has 1 aliphatic carbocycles. The van der Waals surface area contributed by atoms with Gasteiger partial charge in [-0.05, 0) is 37.5 Å². The first-order chi connectivity index (χ1) is 9.19. The Morgan fingerprint density at radius 3 is 2.84 bits per heavy atom. The third-order valence-electron chi connectivity index (χ3n) is 2.88. The summed E-state index contributed by atoms with van der Waals surface area (Å²) in [6.07, 6.45) is 2.18. The molecule has 5 nitrogen and oxygen atoms in total. The Morgan fingerprint density at radius 2 is 2.16 bits per heavy atom. The fourth-order valence-electron chi connectivity index (χ4n) is 1.68. The summed E-state index contributed by atoms with van der Waals surface area (Å²) in [5.41, 5.74) is 1.12. The average Bonchev–Trinajstić information content (AvgIpc) is 3.19. The predicted octanol–water partition coefficient (Wildman–Crippen LogP) is 1.84. The Labute approximate surface area is 113 Å². The van der Waals surface area contributed by atoms with Crippen molar-refractivity contribution in [2.24, 2.45) is 0 Å². The molecule has 5 heteroatoms. The third kappa shape index (κ3) is 4.35. The molecule has 0 unspecified atom stereocenters. The molecular formula is C14H20N2O3. The van der Waals surface area contributed by atoms with Gasteiger partial charge in [0.05, 0.1) is 13.7 Å². The molecule has 2 rings (SSSR count). The molecule has 19 heavy (non-hydrogen) atoms. The molecule has 0 saturated heterocycles. The monoisotopic (exact) mass is 264 g/mol. The minimum absolute atomic E-state index is 0.123. The maximum absolute atomic E-state index is 11.4. The van der Waals surface area contributed by atoms with E-state index in [0.29, 0.717) is 30.7 Å². The Balaban J connectivity index is 1.71. The minimum Gasteiger partial charge on any atom is -0.493 e. The normalized spacial score (nSPS) is 13.8. The molecule has 0 atom stereocenters. The third-order valence-corrected chi connectivity index (χ3v) is 2.88. The molecule has 0 bridgehead atoms. The van der Waals surface area contributed by atoms with E-state index < -0.39 is 0 Å². The van der Waals surface area contributed by atoms with Crippen molar-refractivity contribution in [3.63, 3.8) is 0 Å². The van der Waals surface area contributed by atoms with Gasteiger partial charge in [0, 0.05) is 6.04 Å². The van der Waals surface area contributed by atoms with Crippen LogP contribution in [0.2, 0.25) is 0 Å². The lowest BCUT2D eigenvalue weighted by atomic mass is 10.2. The Kier molecular flexibility index (Phi) is 4.49. The number of nitrogens with one attached hydrogen (secondary N) is 2. The molecule has 0 aromatic heterocycles. The van der Waals surface area contributed by atoms with Crippen molar-refractivity contribution in [3.05, 3.63) is 23.8 Å². The van der Waals surface area contributed by atoms with Crippen LogP contribution in [0.5, 0.6) is 11.5 Å². The number of benzene rings is 1. The van der Waals surface area contributed by atoms with E-state index >= 15 is 0 Å². The Morgan fingerprint density at radius 1 is 1.37 bits per heavy atom. The van der Waals surface area contributed by atoms with Gasteiger partial charge in [0.15, 0.2) is 11.5 Å². The SMILES string of the molecule is COc1cc(C)ccc1OCCNC(=O)NC1CC1. The highest BCUT2D eigenvalue weighted by Crippen LogP contribution is 2.27. The molecule has 2 N–H and O–H groups in total. The summed E-state index contributed by atoms with van der Waals surface area (Å²) in [4.78, 5) is 11.4. The largest absolute Gasteiger partial charge is 0.493 e. The second kappa shape index (κ2) is 6.31. The number of hydrogen-bond acceptors (Lipinski definition) is 3. The second-order valence-corrected chi connectivity index (χ2v) is 4.68. The summed E-state index contributed by atoms with van der Waals surface area (Å²) < 4.78 is 10.8. The fraction of sp³-hybridized carbons (Fsp3) is 0.500. The van der Waals surface area contributed by atoms with E-state index in [2.05, 4.69) is 10.6 Å². The summed E-state index contributed by atoms with van der Waals surface area (Å²) >= 11 is 0. The lowest BCUT2D eigenvalue weighted by molar-refractivity contribution is 0.235. The molecule has 0 aliphatic heterocycles. The molecule has 1 aliphatic rings. The highest BCUT2D eigenvalue weighted by Gasteiger charge is 2.22. The van der Waals surface area contributed by atoms with Gasteiger partial charge in [-0.15, -0.1) is 0 Å². The van der Waals surface area contributed by atoms with E-state index in [1.165, 1.54) is 0 Å². The van der Waals surface area contributed by atoms with Crippen LogP contribution in [0.4, 0.5) is 4.79 Å². The number of ether oxygens (including phenoxy) is 2. The van der Waals surface area contributed by atoms with Crippen LogP contribution in [-0.4, -0.2) is 32.3 Å². The number of aryl methyl sites for hydroxylation is 1. The zero-order valence-electron chi connectivity index (χ0n) is 11.4. The quantitative estimate of drug-likeness (QED) is 0.771. The van der Waals surface area contributed by atoms with Gasteiger partial charge in [0.1, 0.15) is 6.61 Å². The van der Waals surface area contributed by atoms with Gasteiger partial charge in [-0.1, -0.05) is 6.07 Å². The van der Waals surface area contributed by atoms with Crippen molar-refractivity contribution in [2.45, 2.75) is 25.8 Å². The zero-order valence-corrected chi connectivity index (χ0v) is 11.4. The lowest BCUT2D eigenvalue weighted by Gasteiger charge is -2.12. The molecule has 2 amide bonds. The number of carbonyl (C=O) groups excluding carboxylic acids is 1. The topological polar surface area (TPSA) is 59.6 Å². The first-order valence-corrected chi connectivity index (χ1v) is 6.51. The molecule has 1 aromatic rings. The molecule has 1 aromatic carbocycles. The smallest absolute Gasteiger partial charge is 0.315 e. The molecule has 104 valence electrons.